The second kappa shape index (κ2) is 8.67. The number of pyridine rings is 1. The molecule has 1 aromatic carbocycles. The largest absolute Gasteiger partial charge is 0.461 e. The Morgan fingerprint density at radius 3 is 2.45 bits per heavy atom. The summed E-state index contributed by atoms with van der Waals surface area (Å²) in [5, 5.41) is 1.58. The summed E-state index contributed by atoms with van der Waals surface area (Å²) in [5.74, 6) is -0.226. The van der Waals surface area contributed by atoms with Crippen LogP contribution in [-0.2, 0) is 20.8 Å². The summed E-state index contributed by atoms with van der Waals surface area (Å²) in [6.07, 6.45) is 1.03. The van der Waals surface area contributed by atoms with Crippen molar-refractivity contribution < 1.29 is 23.8 Å². The van der Waals surface area contributed by atoms with E-state index < -0.39 is 17.7 Å². The van der Waals surface area contributed by atoms with Gasteiger partial charge in [-0.2, -0.15) is 0 Å². The van der Waals surface area contributed by atoms with Crippen LogP contribution in [0.5, 0.6) is 0 Å². The molecule has 0 saturated carbocycles. The van der Waals surface area contributed by atoms with Gasteiger partial charge in [0.1, 0.15) is 5.60 Å². The molecule has 0 unspecified atom stereocenters. The summed E-state index contributed by atoms with van der Waals surface area (Å²) in [4.78, 5) is 30.1. The number of nitrogens with zero attached hydrogens (tertiary/aromatic N) is 2. The molecule has 3 rings (SSSR count). The van der Waals surface area contributed by atoms with E-state index in [9.17, 15) is 9.59 Å². The Morgan fingerprint density at radius 1 is 1.16 bits per heavy atom. The molecular weight excluding hydrogens is 396 g/mol. The molecule has 0 saturated heterocycles. The number of hydrogen-bond acceptors (Lipinski definition) is 6. The molecule has 3 aromatic rings. The monoisotopic (exact) mass is 426 g/mol. The van der Waals surface area contributed by atoms with Crippen molar-refractivity contribution in [2.45, 2.75) is 59.7 Å². The zero-order valence-corrected chi connectivity index (χ0v) is 19.2. The van der Waals surface area contributed by atoms with E-state index in [0.29, 0.717) is 22.5 Å². The van der Waals surface area contributed by atoms with Crippen molar-refractivity contribution in [2.24, 2.45) is 0 Å². The van der Waals surface area contributed by atoms with Crippen LogP contribution in [0.3, 0.4) is 0 Å². The minimum atomic E-state index is -0.661. The normalized spacial score (nSPS) is 12.0. The van der Waals surface area contributed by atoms with E-state index in [1.165, 1.54) is 10.8 Å². The lowest BCUT2D eigenvalue weighted by molar-refractivity contribution is 0.0513. The molecule has 0 atom stereocenters. The maximum atomic E-state index is 13.1. The van der Waals surface area contributed by atoms with E-state index in [0.717, 1.165) is 16.3 Å². The smallest absolute Gasteiger partial charge is 0.419 e. The van der Waals surface area contributed by atoms with E-state index >= 15 is 0 Å². The molecule has 0 N–H and O–H groups in total. The van der Waals surface area contributed by atoms with E-state index in [4.69, 9.17) is 14.2 Å². The summed E-state index contributed by atoms with van der Waals surface area (Å²) in [7, 11) is 1.56. The first-order valence-electron chi connectivity index (χ1n) is 10.4. The van der Waals surface area contributed by atoms with Crippen molar-refractivity contribution in [3.05, 3.63) is 41.2 Å². The number of esters is 1. The average Bonchev–Trinajstić information content (AvgIpc) is 3.01. The zero-order valence-electron chi connectivity index (χ0n) is 19.2. The van der Waals surface area contributed by atoms with Crippen LogP contribution in [0.4, 0.5) is 4.79 Å². The third-order valence-corrected chi connectivity index (χ3v) is 4.93. The minimum Gasteiger partial charge on any atom is -0.461 e. The number of aromatic nitrogens is 2. The molecule has 7 nitrogen and oxygen atoms in total. The average molecular weight is 427 g/mol. The maximum absolute atomic E-state index is 13.1. The van der Waals surface area contributed by atoms with Gasteiger partial charge in [-0.1, -0.05) is 19.9 Å². The van der Waals surface area contributed by atoms with Gasteiger partial charge in [-0.3, -0.25) is 0 Å². The molecule has 31 heavy (non-hydrogen) atoms. The van der Waals surface area contributed by atoms with E-state index in [2.05, 4.69) is 24.9 Å². The molecule has 0 bridgehead atoms. The van der Waals surface area contributed by atoms with E-state index in [1.807, 2.05) is 32.9 Å². The van der Waals surface area contributed by atoms with Gasteiger partial charge in [0, 0.05) is 23.4 Å². The molecule has 0 amide bonds. The highest BCUT2D eigenvalue weighted by molar-refractivity contribution is 6.15. The molecule has 0 radical (unpaired) electrons. The van der Waals surface area contributed by atoms with Crippen molar-refractivity contribution in [1.82, 2.24) is 9.55 Å². The Morgan fingerprint density at radius 2 is 1.87 bits per heavy atom. The number of benzene rings is 1. The summed E-state index contributed by atoms with van der Waals surface area (Å²) in [5.41, 5.74) is 2.49. The van der Waals surface area contributed by atoms with Gasteiger partial charge in [0.15, 0.2) is 5.69 Å². The molecule has 166 valence electrons. The highest BCUT2D eigenvalue weighted by atomic mass is 16.6. The third-order valence-electron chi connectivity index (χ3n) is 4.93. The molecule has 0 spiro atoms. The highest BCUT2D eigenvalue weighted by Gasteiger charge is 2.27. The molecule has 0 aliphatic carbocycles. The van der Waals surface area contributed by atoms with Crippen LogP contribution in [0.1, 0.15) is 69.1 Å². The maximum Gasteiger partial charge on any atom is 0.419 e. The summed E-state index contributed by atoms with van der Waals surface area (Å²) >= 11 is 0. The highest BCUT2D eigenvalue weighted by Crippen LogP contribution is 2.35. The zero-order chi connectivity index (χ0) is 22.9. The summed E-state index contributed by atoms with van der Waals surface area (Å²) < 4.78 is 17.8. The fourth-order valence-electron chi connectivity index (χ4n) is 3.61. The van der Waals surface area contributed by atoms with Crippen LogP contribution in [0.25, 0.3) is 21.8 Å². The number of hydrogen-bond donors (Lipinski definition) is 0. The van der Waals surface area contributed by atoms with E-state index in [1.54, 1.807) is 14.0 Å². The Labute approximate surface area is 182 Å². The van der Waals surface area contributed by atoms with Gasteiger partial charge in [0.25, 0.3) is 0 Å². The van der Waals surface area contributed by atoms with Crippen molar-refractivity contribution in [3.8, 4) is 0 Å². The van der Waals surface area contributed by atoms with Gasteiger partial charge in [-0.25, -0.2) is 19.1 Å². The van der Waals surface area contributed by atoms with Crippen molar-refractivity contribution in [3.63, 3.8) is 0 Å². The number of methoxy groups -OCH3 is 1. The number of carbonyl (C=O) groups excluding carboxylic acids is 2. The first-order chi connectivity index (χ1) is 14.6. The van der Waals surface area contributed by atoms with Gasteiger partial charge >= 0.3 is 12.1 Å². The van der Waals surface area contributed by atoms with Crippen LogP contribution in [0, 0.1) is 0 Å². The molecule has 0 fully saturated rings. The van der Waals surface area contributed by atoms with Gasteiger partial charge < -0.3 is 14.2 Å². The number of rotatable bonds is 5. The van der Waals surface area contributed by atoms with Gasteiger partial charge in [-0.15, -0.1) is 0 Å². The second-order valence-corrected chi connectivity index (χ2v) is 8.75. The Balaban J connectivity index is 2.42. The fourth-order valence-corrected chi connectivity index (χ4v) is 3.61. The van der Waals surface area contributed by atoms with Crippen molar-refractivity contribution >= 4 is 33.9 Å². The lowest BCUT2D eigenvalue weighted by Crippen LogP contribution is -2.27. The standard InChI is InChI=1S/C24H30N2O5/c1-8-30-22(27)21-17(13-29-7)20-16-11-15(14(2)3)9-10-18(16)26(19(20)12-25-21)23(28)31-24(4,5)6/h9-12,14H,8,13H2,1-7H3. The SMILES string of the molecule is CCOC(=O)c1ncc2c(c1COC)c1cc(C(C)C)ccc1n2C(=O)OC(C)(C)C. The predicted octanol–water partition coefficient (Wildman–Crippen LogP) is 5.42. The van der Waals surface area contributed by atoms with Crippen LogP contribution in [0.15, 0.2) is 24.4 Å². The first kappa shape index (κ1) is 22.7. The van der Waals surface area contributed by atoms with Gasteiger partial charge in [-0.05, 0) is 51.3 Å². The Bertz CT molecular complexity index is 1140. The van der Waals surface area contributed by atoms with Gasteiger partial charge in [0.05, 0.1) is 30.4 Å². The lowest BCUT2D eigenvalue weighted by atomic mass is 9.99. The summed E-state index contributed by atoms with van der Waals surface area (Å²) in [6, 6.07) is 5.97. The molecule has 2 heterocycles. The summed E-state index contributed by atoms with van der Waals surface area (Å²) in [6.45, 7) is 11.8. The van der Waals surface area contributed by atoms with Gasteiger partial charge in [0.2, 0.25) is 0 Å². The van der Waals surface area contributed by atoms with E-state index in [-0.39, 0.29) is 18.9 Å². The number of carbonyl (C=O) groups is 2. The quantitative estimate of drug-likeness (QED) is 0.507. The van der Waals surface area contributed by atoms with Crippen molar-refractivity contribution in [1.29, 1.82) is 0 Å². The predicted molar refractivity (Wildman–Crippen MR) is 120 cm³/mol. The van der Waals surface area contributed by atoms with Crippen LogP contribution < -0.4 is 0 Å². The molecule has 0 aliphatic heterocycles. The molecule has 7 heteroatoms. The minimum absolute atomic E-state index is 0.151. The lowest BCUT2D eigenvalue weighted by Gasteiger charge is -2.20. The molecule has 0 aliphatic rings. The number of ether oxygens (including phenoxy) is 3. The van der Waals surface area contributed by atoms with Crippen LogP contribution >= 0.6 is 0 Å². The topological polar surface area (TPSA) is 79.7 Å². The Kier molecular flexibility index (Phi) is 6.36. The van der Waals surface area contributed by atoms with Crippen LogP contribution in [-0.4, -0.2) is 40.9 Å². The molecule has 2 aromatic heterocycles. The second-order valence-electron chi connectivity index (χ2n) is 8.75. The number of fused-ring (bicyclic) bond motifs is 3. The first-order valence-corrected chi connectivity index (χ1v) is 10.4. The fraction of sp³-hybridized carbons (Fsp3) is 0.458. The molecular formula is C24H30N2O5. The van der Waals surface area contributed by atoms with Crippen molar-refractivity contribution in [2.75, 3.05) is 13.7 Å². The van der Waals surface area contributed by atoms with Crippen LogP contribution in [0.2, 0.25) is 0 Å². The third kappa shape index (κ3) is 4.42. The Hall–Kier alpha value is -2.93.